The monoisotopic (exact) mass is 136 g/mol. The minimum Gasteiger partial charge on any atom is -0.384 e. The van der Waals surface area contributed by atoms with Gasteiger partial charge >= 0.3 is 0 Å². The Morgan fingerprint density at radius 3 is 3.10 bits per heavy atom. The Balaban J connectivity index is 2.84. The third-order valence-electron chi connectivity index (χ3n) is 1.12. The highest BCUT2D eigenvalue weighted by Gasteiger charge is 1.92. The Morgan fingerprint density at radius 1 is 1.80 bits per heavy atom. The lowest BCUT2D eigenvalue weighted by molar-refractivity contribution is 0.350. The van der Waals surface area contributed by atoms with Crippen molar-refractivity contribution in [2.75, 3.05) is 6.61 Å². The molecule has 0 amide bonds. The molecule has 10 heavy (non-hydrogen) atoms. The molecule has 3 nitrogen and oxygen atoms in total. The number of aliphatic hydroxyl groups is 1. The van der Waals surface area contributed by atoms with E-state index in [-0.39, 0.29) is 6.61 Å². The van der Waals surface area contributed by atoms with E-state index in [2.05, 4.69) is 21.8 Å². The molecular formula is C7H8N2O. The van der Waals surface area contributed by atoms with Crippen LogP contribution in [0.4, 0.5) is 0 Å². The molecule has 0 spiro atoms. The van der Waals surface area contributed by atoms with Crippen LogP contribution in [0.5, 0.6) is 0 Å². The summed E-state index contributed by atoms with van der Waals surface area (Å²) in [6.45, 7) is 1.76. The molecule has 52 valence electrons. The summed E-state index contributed by atoms with van der Waals surface area (Å²) in [5.41, 5.74) is 1.63. The third-order valence-corrected chi connectivity index (χ3v) is 1.12. The summed E-state index contributed by atoms with van der Waals surface area (Å²) in [5, 5.41) is 8.34. The number of nitrogens with zero attached hydrogens (tertiary/aromatic N) is 1. The fraction of sp³-hybridized carbons (Fsp3) is 0.286. The summed E-state index contributed by atoms with van der Waals surface area (Å²) in [6, 6.07) is 0. The number of hydrogen-bond donors (Lipinski definition) is 2. The van der Waals surface area contributed by atoms with Crippen LogP contribution < -0.4 is 0 Å². The van der Waals surface area contributed by atoms with E-state index < -0.39 is 0 Å². The average Bonchev–Trinajstić information content (AvgIpc) is 2.31. The van der Waals surface area contributed by atoms with Gasteiger partial charge in [0.2, 0.25) is 0 Å². The normalized spacial score (nSPS) is 8.60. The van der Waals surface area contributed by atoms with E-state index in [9.17, 15) is 0 Å². The standard InChI is InChI=1S/C7H8N2O/c1-6-7(3-2-4-10)9-5-8-6/h5,10H,4H2,1H3,(H,8,9). The predicted octanol–water partition coefficient (Wildman–Crippen LogP) is 0.0619. The first-order valence-electron chi connectivity index (χ1n) is 2.94. The van der Waals surface area contributed by atoms with E-state index >= 15 is 0 Å². The minimum atomic E-state index is -0.119. The highest BCUT2D eigenvalue weighted by molar-refractivity contribution is 5.30. The SMILES string of the molecule is Cc1[nH]cnc1C#CCO. The molecule has 1 heterocycles. The van der Waals surface area contributed by atoms with Crippen LogP contribution >= 0.6 is 0 Å². The Labute approximate surface area is 59.1 Å². The van der Waals surface area contributed by atoms with E-state index in [0.29, 0.717) is 5.69 Å². The molecule has 0 aliphatic rings. The van der Waals surface area contributed by atoms with Gasteiger partial charge < -0.3 is 10.1 Å². The molecule has 0 saturated heterocycles. The minimum absolute atomic E-state index is 0.119. The van der Waals surface area contributed by atoms with Gasteiger partial charge in [0.15, 0.2) is 0 Å². The van der Waals surface area contributed by atoms with Crippen molar-refractivity contribution in [3.63, 3.8) is 0 Å². The summed E-state index contributed by atoms with van der Waals surface area (Å²) in [4.78, 5) is 6.80. The molecule has 1 aromatic rings. The van der Waals surface area contributed by atoms with E-state index in [1.54, 1.807) is 6.33 Å². The van der Waals surface area contributed by atoms with Crippen molar-refractivity contribution in [3.05, 3.63) is 17.7 Å². The largest absolute Gasteiger partial charge is 0.384 e. The maximum atomic E-state index is 8.34. The number of nitrogens with one attached hydrogen (secondary N) is 1. The van der Waals surface area contributed by atoms with Gasteiger partial charge in [-0.05, 0) is 12.8 Å². The van der Waals surface area contributed by atoms with Crippen LogP contribution in [0, 0.1) is 18.8 Å². The maximum Gasteiger partial charge on any atom is 0.133 e. The molecule has 1 aromatic heterocycles. The number of aromatic amines is 1. The molecule has 0 radical (unpaired) electrons. The highest BCUT2D eigenvalue weighted by Crippen LogP contribution is 1.95. The zero-order valence-corrected chi connectivity index (χ0v) is 5.68. The third kappa shape index (κ3) is 1.36. The van der Waals surface area contributed by atoms with Crippen LogP contribution in [-0.4, -0.2) is 21.7 Å². The van der Waals surface area contributed by atoms with Crippen molar-refractivity contribution in [1.82, 2.24) is 9.97 Å². The Kier molecular flexibility index (Phi) is 2.08. The van der Waals surface area contributed by atoms with Gasteiger partial charge in [-0.15, -0.1) is 0 Å². The Hall–Kier alpha value is -1.27. The van der Waals surface area contributed by atoms with Crippen molar-refractivity contribution < 1.29 is 5.11 Å². The van der Waals surface area contributed by atoms with Gasteiger partial charge in [-0.1, -0.05) is 5.92 Å². The van der Waals surface area contributed by atoms with E-state index in [0.717, 1.165) is 5.69 Å². The maximum absolute atomic E-state index is 8.34. The molecule has 0 bridgehead atoms. The topological polar surface area (TPSA) is 48.9 Å². The van der Waals surface area contributed by atoms with Crippen LogP contribution in [-0.2, 0) is 0 Å². The van der Waals surface area contributed by atoms with Crippen molar-refractivity contribution in [2.24, 2.45) is 0 Å². The molecule has 0 aliphatic carbocycles. The lowest BCUT2D eigenvalue weighted by atomic mass is 10.3. The second-order valence-corrected chi connectivity index (χ2v) is 1.84. The quantitative estimate of drug-likeness (QED) is 0.495. The van der Waals surface area contributed by atoms with Gasteiger partial charge in [0.05, 0.1) is 6.33 Å². The van der Waals surface area contributed by atoms with Gasteiger partial charge in [0, 0.05) is 5.69 Å². The average molecular weight is 136 g/mol. The van der Waals surface area contributed by atoms with Crippen LogP contribution in [0.2, 0.25) is 0 Å². The second-order valence-electron chi connectivity index (χ2n) is 1.84. The Bertz CT molecular complexity index is 267. The van der Waals surface area contributed by atoms with Gasteiger partial charge in [-0.25, -0.2) is 4.98 Å². The zero-order valence-electron chi connectivity index (χ0n) is 5.68. The molecule has 2 N–H and O–H groups in total. The first-order chi connectivity index (χ1) is 4.84. The number of imidazole rings is 1. The van der Waals surface area contributed by atoms with Gasteiger partial charge in [-0.3, -0.25) is 0 Å². The zero-order chi connectivity index (χ0) is 7.40. The fourth-order valence-electron chi connectivity index (χ4n) is 0.608. The lowest BCUT2D eigenvalue weighted by Gasteiger charge is -1.80. The molecule has 3 heteroatoms. The van der Waals surface area contributed by atoms with E-state index in [1.807, 2.05) is 6.92 Å². The Morgan fingerprint density at radius 2 is 2.60 bits per heavy atom. The first kappa shape index (κ1) is 6.84. The molecular weight excluding hydrogens is 128 g/mol. The van der Waals surface area contributed by atoms with Crippen LogP contribution in [0.3, 0.4) is 0 Å². The molecule has 0 aliphatic heterocycles. The molecule has 0 aromatic carbocycles. The number of rotatable bonds is 0. The summed E-state index contributed by atoms with van der Waals surface area (Å²) in [5.74, 6) is 5.21. The van der Waals surface area contributed by atoms with E-state index in [1.165, 1.54) is 0 Å². The first-order valence-corrected chi connectivity index (χ1v) is 2.94. The summed E-state index contributed by atoms with van der Waals surface area (Å²) >= 11 is 0. The molecule has 1 rings (SSSR count). The number of aryl methyl sites for hydroxylation is 1. The van der Waals surface area contributed by atoms with Crippen LogP contribution in [0.15, 0.2) is 6.33 Å². The number of aromatic nitrogens is 2. The van der Waals surface area contributed by atoms with Gasteiger partial charge in [0.25, 0.3) is 0 Å². The van der Waals surface area contributed by atoms with Crippen LogP contribution in [0.1, 0.15) is 11.4 Å². The highest BCUT2D eigenvalue weighted by atomic mass is 16.2. The smallest absolute Gasteiger partial charge is 0.133 e. The number of aliphatic hydroxyl groups excluding tert-OH is 1. The molecule has 0 fully saturated rings. The summed E-state index contributed by atoms with van der Waals surface area (Å²) in [7, 11) is 0. The molecule has 0 atom stereocenters. The summed E-state index contributed by atoms with van der Waals surface area (Å²) in [6.07, 6.45) is 1.58. The number of H-pyrrole nitrogens is 1. The van der Waals surface area contributed by atoms with Gasteiger partial charge in [-0.2, -0.15) is 0 Å². The van der Waals surface area contributed by atoms with Crippen molar-refractivity contribution in [3.8, 4) is 11.8 Å². The van der Waals surface area contributed by atoms with E-state index in [4.69, 9.17) is 5.11 Å². The molecule has 0 unspecified atom stereocenters. The lowest BCUT2D eigenvalue weighted by Crippen LogP contribution is -1.79. The predicted molar refractivity (Wildman–Crippen MR) is 37.3 cm³/mol. The van der Waals surface area contributed by atoms with Crippen LogP contribution in [0.25, 0.3) is 0 Å². The second kappa shape index (κ2) is 3.04. The number of hydrogen-bond acceptors (Lipinski definition) is 2. The fourth-order valence-corrected chi connectivity index (χ4v) is 0.608. The van der Waals surface area contributed by atoms with Gasteiger partial charge in [0.1, 0.15) is 12.3 Å². The molecule has 0 saturated carbocycles. The van der Waals surface area contributed by atoms with Crippen molar-refractivity contribution in [1.29, 1.82) is 0 Å². The van der Waals surface area contributed by atoms with Crippen molar-refractivity contribution in [2.45, 2.75) is 6.92 Å². The summed E-state index contributed by atoms with van der Waals surface area (Å²) < 4.78 is 0. The van der Waals surface area contributed by atoms with Crippen molar-refractivity contribution >= 4 is 0 Å².